The molecule has 0 aliphatic carbocycles. The molecule has 1 heterocycles. The number of rotatable bonds is 5. The van der Waals surface area contributed by atoms with E-state index < -0.39 is 29.6 Å². The first-order chi connectivity index (χ1) is 13.3. The monoisotopic (exact) mass is 422 g/mol. The van der Waals surface area contributed by atoms with Gasteiger partial charge in [-0.3, -0.25) is 4.79 Å². The van der Waals surface area contributed by atoms with Gasteiger partial charge in [0.25, 0.3) is 5.91 Å². The van der Waals surface area contributed by atoms with E-state index in [0.29, 0.717) is 16.1 Å². The molecule has 0 fully saturated rings. The van der Waals surface area contributed by atoms with E-state index in [1.807, 2.05) is 0 Å². The van der Waals surface area contributed by atoms with Crippen molar-refractivity contribution in [3.05, 3.63) is 70.2 Å². The first-order valence-corrected chi connectivity index (χ1v) is 9.27. The number of ether oxygens (including phenoxy) is 1. The molecule has 0 radical (unpaired) electrons. The summed E-state index contributed by atoms with van der Waals surface area (Å²) in [7, 11) is 0. The first-order valence-electron chi connectivity index (χ1n) is 8.02. The number of benzene rings is 2. The predicted octanol–water partition coefficient (Wildman–Crippen LogP) is 4.93. The molecule has 28 heavy (non-hydrogen) atoms. The fourth-order valence-electron chi connectivity index (χ4n) is 2.19. The Morgan fingerprint density at radius 1 is 1.18 bits per heavy atom. The second kappa shape index (κ2) is 8.45. The highest BCUT2D eigenvalue weighted by Crippen LogP contribution is 2.25. The molecule has 0 aliphatic rings. The highest BCUT2D eigenvalue weighted by atomic mass is 35.5. The molecule has 0 bridgehead atoms. The molecule has 0 saturated carbocycles. The van der Waals surface area contributed by atoms with Crippen LogP contribution in [0.5, 0.6) is 0 Å². The van der Waals surface area contributed by atoms with Crippen LogP contribution in [0, 0.1) is 11.6 Å². The lowest BCUT2D eigenvalue weighted by molar-refractivity contribution is -0.123. The van der Waals surface area contributed by atoms with E-state index in [9.17, 15) is 18.4 Å². The zero-order valence-electron chi connectivity index (χ0n) is 14.4. The lowest BCUT2D eigenvalue weighted by Gasteiger charge is -2.13. The Kier molecular flexibility index (Phi) is 6.01. The van der Waals surface area contributed by atoms with Crippen LogP contribution in [-0.2, 0) is 9.53 Å². The van der Waals surface area contributed by atoms with Crippen molar-refractivity contribution in [1.29, 1.82) is 0 Å². The topological polar surface area (TPSA) is 68.3 Å². The van der Waals surface area contributed by atoms with Gasteiger partial charge in [-0.2, -0.15) is 0 Å². The van der Waals surface area contributed by atoms with E-state index in [1.165, 1.54) is 23.6 Å². The Balaban J connectivity index is 1.63. The zero-order valence-corrected chi connectivity index (χ0v) is 16.0. The molecule has 5 nitrogen and oxygen atoms in total. The fraction of sp³-hybridized carbons (Fsp3) is 0.105. The maximum atomic E-state index is 13.6. The summed E-state index contributed by atoms with van der Waals surface area (Å²) in [5.74, 6) is -3.25. The summed E-state index contributed by atoms with van der Waals surface area (Å²) in [6, 6.07) is 9.67. The number of thiazole rings is 1. The molecule has 0 spiro atoms. The normalized spacial score (nSPS) is 11.7. The molecule has 1 amide bonds. The number of nitrogens with one attached hydrogen (secondary N) is 1. The van der Waals surface area contributed by atoms with Crippen LogP contribution in [0.1, 0.15) is 17.4 Å². The number of aromatic nitrogens is 1. The van der Waals surface area contributed by atoms with Gasteiger partial charge in [0.05, 0.1) is 5.69 Å². The Morgan fingerprint density at radius 3 is 2.57 bits per heavy atom. The number of hydrogen-bond donors (Lipinski definition) is 1. The lowest BCUT2D eigenvalue weighted by atomic mass is 10.2. The molecule has 3 rings (SSSR count). The highest BCUT2D eigenvalue weighted by molar-refractivity contribution is 7.13. The second-order valence-corrected chi connectivity index (χ2v) is 7.00. The minimum atomic E-state index is -1.21. The van der Waals surface area contributed by atoms with Gasteiger partial charge in [-0.15, -0.1) is 11.3 Å². The molecule has 1 unspecified atom stereocenters. The summed E-state index contributed by atoms with van der Waals surface area (Å²) in [6.07, 6.45) is -1.21. The maximum absolute atomic E-state index is 13.6. The number of hydrogen-bond acceptors (Lipinski definition) is 5. The molecule has 2 aromatic carbocycles. The number of anilines is 1. The van der Waals surface area contributed by atoms with Crippen molar-refractivity contribution in [2.24, 2.45) is 0 Å². The third-order valence-corrected chi connectivity index (χ3v) is 4.79. The summed E-state index contributed by atoms with van der Waals surface area (Å²) in [5.41, 5.74) is 0.613. The fourth-order valence-corrected chi connectivity index (χ4v) is 3.11. The van der Waals surface area contributed by atoms with Crippen molar-refractivity contribution in [3.63, 3.8) is 0 Å². The molecule has 0 aliphatic heterocycles. The molecular formula is C19H13ClF2N2O3S. The van der Waals surface area contributed by atoms with Gasteiger partial charge in [-0.25, -0.2) is 18.6 Å². The zero-order chi connectivity index (χ0) is 20.3. The summed E-state index contributed by atoms with van der Waals surface area (Å²) in [6.45, 7) is 1.33. The maximum Gasteiger partial charge on any atom is 0.358 e. The summed E-state index contributed by atoms with van der Waals surface area (Å²) >= 11 is 7.08. The van der Waals surface area contributed by atoms with E-state index >= 15 is 0 Å². The number of carbonyl (C=O) groups is 2. The molecule has 0 saturated heterocycles. The standard InChI is InChI=1S/C19H13ClF2N2O3S/c1-10(17(25)23-15-7-6-13(21)8-14(15)22)27-19(26)16-9-28-18(24-16)11-2-4-12(20)5-3-11/h2-10H,1H3,(H,23,25). The SMILES string of the molecule is CC(OC(=O)c1csc(-c2ccc(Cl)cc2)n1)C(=O)Nc1ccc(F)cc1F. The Hall–Kier alpha value is -2.84. The first kappa shape index (κ1) is 19.9. The van der Waals surface area contributed by atoms with Crippen LogP contribution in [0.4, 0.5) is 14.5 Å². The molecule has 1 N–H and O–H groups in total. The number of halogens is 3. The van der Waals surface area contributed by atoms with Gasteiger partial charge in [0.2, 0.25) is 0 Å². The van der Waals surface area contributed by atoms with Crippen molar-refractivity contribution in [3.8, 4) is 10.6 Å². The Bertz CT molecular complexity index is 1020. The van der Waals surface area contributed by atoms with Crippen molar-refractivity contribution in [1.82, 2.24) is 4.98 Å². The summed E-state index contributed by atoms with van der Waals surface area (Å²) < 4.78 is 31.6. The third kappa shape index (κ3) is 4.71. The number of amides is 1. The van der Waals surface area contributed by atoms with Crippen LogP contribution in [0.25, 0.3) is 10.6 Å². The minimum Gasteiger partial charge on any atom is -0.448 e. The van der Waals surface area contributed by atoms with E-state index in [-0.39, 0.29) is 11.4 Å². The van der Waals surface area contributed by atoms with Gasteiger partial charge in [-0.05, 0) is 31.2 Å². The lowest BCUT2D eigenvalue weighted by Crippen LogP contribution is -2.30. The quantitative estimate of drug-likeness (QED) is 0.592. The molecule has 144 valence electrons. The van der Waals surface area contributed by atoms with Gasteiger partial charge < -0.3 is 10.1 Å². The second-order valence-electron chi connectivity index (χ2n) is 5.71. The Labute approximate surface area is 167 Å². The van der Waals surface area contributed by atoms with Crippen LogP contribution < -0.4 is 5.32 Å². The molecule has 9 heteroatoms. The van der Waals surface area contributed by atoms with Gasteiger partial charge in [-0.1, -0.05) is 23.7 Å². The van der Waals surface area contributed by atoms with Crippen LogP contribution in [0.2, 0.25) is 5.02 Å². The van der Waals surface area contributed by atoms with Gasteiger partial charge in [0.1, 0.15) is 16.6 Å². The van der Waals surface area contributed by atoms with Crippen molar-refractivity contribution >= 4 is 40.5 Å². The minimum absolute atomic E-state index is 0.0440. The average Bonchev–Trinajstić information content (AvgIpc) is 3.14. The van der Waals surface area contributed by atoms with E-state index in [1.54, 1.807) is 24.3 Å². The van der Waals surface area contributed by atoms with E-state index in [2.05, 4.69) is 10.3 Å². The van der Waals surface area contributed by atoms with Crippen LogP contribution >= 0.6 is 22.9 Å². The number of carbonyl (C=O) groups excluding carboxylic acids is 2. The molecule has 1 atom stereocenters. The summed E-state index contributed by atoms with van der Waals surface area (Å²) in [4.78, 5) is 28.5. The van der Waals surface area contributed by atoms with E-state index in [0.717, 1.165) is 17.7 Å². The van der Waals surface area contributed by atoms with Crippen LogP contribution in [-0.4, -0.2) is 23.0 Å². The molecule has 3 aromatic rings. The third-order valence-electron chi connectivity index (χ3n) is 3.65. The molecule has 1 aromatic heterocycles. The largest absolute Gasteiger partial charge is 0.448 e. The van der Waals surface area contributed by atoms with Crippen molar-refractivity contribution in [2.45, 2.75) is 13.0 Å². The van der Waals surface area contributed by atoms with Crippen molar-refractivity contribution < 1.29 is 23.1 Å². The van der Waals surface area contributed by atoms with Crippen LogP contribution in [0.15, 0.2) is 47.8 Å². The average molecular weight is 423 g/mol. The van der Waals surface area contributed by atoms with Crippen molar-refractivity contribution in [2.75, 3.05) is 5.32 Å². The molecular weight excluding hydrogens is 410 g/mol. The van der Waals surface area contributed by atoms with E-state index in [4.69, 9.17) is 16.3 Å². The van der Waals surface area contributed by atoms with Crippen LogP contribution in [0.3, 0.4) is 0 Å². The van der Waals surface area contributed by atoms with Gasteiger partial charge in [0, 0.05) is 22.0 Å². The number of esters is 1. The summed E-state index contributed by atoms with van der Waals surface area (Å²) in [5, 5.41) is 4.93. The Morgan fingerprint density at radius 2 is 1.89 bits per heavy atom. The predicted molar refractivity (Wildman–Crippen MR) is 102 cm³/mol. The number of nitrogens with zero attached hydrogens (tertiary/aromatic N) is 1. The van der Waals surface area contributed by atoms with Gasteiger partial charge in [0.15, 0.2) is 11.8 Å². The smallest absolute Gasteiger partial charge is 0.358 e. The van der Waals surface area contributed by atoms with Gasteiger partial charge >= 0.3 is 5.97 Å². The highest BCUT2D eigenvalue weighted by Gasteiger charge is 2.22.